The van der Waals surface area contributed by atoms with Gasteiger partial charge in [-0.3, -0.25) is 0 Å². The van der Waals surface area contributed by atoms with Crippen molar-refractivity contribution in [2.75, 3.05) is 6.54 Å². The van der Waals surface area contributed by atoms with Gasteiger partial charge in [-0.15, -0.1) is 0 Å². The molecular weight excluding hydrogens is 242 g/mol. The summed E-state index contributed by atoms with van der Waals surface area (Å²) < 4.78 is 0. The molecule has 2 unspecified atom stereocenters. The van der Waals surface area contributed by atoms with Crippen LogP contribution >= 0.6 is 11.6 Å². The quantitative estimate of drug-likeness (QED) is 0.772. The van der Waals surface area contributed by atoms with Gasteiger partial charge in [-0.2, -0.15) is 0 Å². The van der Waals surface area contributed by atoms with Crippen molar-refractivity contribution in [3.05, 3.63) is 34.9 Å². The van der Waals surface area contributed by atoms with Crippen molar-refractivity contribution in [3.63, 3.8) is 0 Å². The fourth-order valence-corrected chi connectivity index (χ4v) is 2.92. The van der Waals surface area contributed by atoms with E-state index in [4.69, 9.17) is 17.3 Å². The molecule has 18 heavy (non-hydrogen) atoms. The summed E-state index contributed by atoms with van der Waals surface area (Å²) in [6, 6.07) is 8.09. The van der Waals surface area contributed by atoms with Gasteiger partial charge in [0.05, 0.1) is 0 Å². The Morgan fingerprint density at radius 1 is 1.11 bits per heavy atom. The molecule has 0 heterocycles. The average molecular weight is 268 g/mol. The van der Waals surface area contributed by atoms with Gasteiger partial charge in [0.25, 0.3) is 0 Å². The first-order chi connectivity index (χ1) is 8.52. The number of benzene rings is 1. The van der Waals surface area contributed by atoms with Crippen LogP contribution in [0.25, 0.3) is 0 Å². The minimum atomic E-state index is 0.540. The van der Waals surface area contributed by atoms with Gasteiger partial charge in [-0.25, -0.2) is 0 Å². The molecule has 0 spiro atoms. The predicted molar refractivity (Wildman–Crippen MR) is 80.9 cm³/mol. The molecule has 0 saturated heterocycles. The van der Waals surface area contributed by atoms with Crippen LogP contribution in [0, 0.1) is 17.8 Å². The Morgan fingerprint density at radius 2 is 1.78 bits per heavy atom. The molecule has 1 rings (SSSR count). The summed E-state index contributed by atoms with van der Waals surface area (Å²) in [4.78, 5) is 0. The van der Waals surface area contributed by atoms with E-state index in [0.717, 1.165) is 29.8 Å². The van der Waals surface area contributed by atoms with E-state index in [0.29, 0.717) is 5.92 Å². The zero-order valence-corrected chi connectivity index (χ0v) is 12.6. The first-order valence-corrected chi connectivity index (χ1v) is 7.34. The van der Waals surface area contributed by atoms with Crippen LogP contribution in [0.1, 0.15) is 39.2 Å². The van der Waals surface area contributed by atoms with Crippen LogP contribution in [0.3, 0.4) is 0 Å². The van der Waals surface area contributed by atoms with Crippen molar-refractivity contribution in [3.8, 4) is 0 Å². The van der Waals surface area contributed by atoms with Crippen LogP contribution in [-0.4, -0.2) is 6.54 Å². The van der Waals surface area contributed by atoms with Crippen LogP contribution in [0.5, 0.6) is 0 Å². The van der Waals surface area contributed by atoms with Crippen molar-refractivity contribution in [1.29, 1.82) is 0 Å². The SMILES string of the molecule is CC(C)CC(C)CC(CN)Cc1ccccc1Cl. The van der Waals surface area contributed by atoms with Gasteiger partial charge in [0.15, 0.2) is 0 Å². The Hall–Kier alpha value is -0.530. The van der Waals surface area contributed by atoms with Gasteiger partial charge in [-0.1, -0.05) is 50.6 Å². The number of hydrogen-bond acceptors (Lipinski definition) is 1. The minimum Gasteiger partial charge on any atom is -0.330 e. The van der Waals surface area contributed by atoms with E-state index < -0.39 is 0 Å². The lowest BCUT2D eigenvalue weighted by Crippen LogP contribution is -2.20. The first kappa shape index (κ1) is 15.5. The summed E-state index contributed by atoms with van der Waals surface area (Å²) in [6.45, 7) is 7.63. The molecule has 1 aromatic carbocycles. The summed E-state index contributed by atoms with van der Waals surface area (Å²) in [6.07, 6.45) is 3.47. The maximum absolute atomic E-state index is 6.21. The third-order valence-corrected chi connectivity index (χ3v) is 3.78. The molecule has 102 valence electrons. The van der Waals surface area contributed by atoms with Crippen LogP contribution in [0.4, 0.5) is 0 Å². The Bertz CT molecular complexity index is 349. The molecule has 2 N–H and O–H groups in total. The molecule has 0 saturated carbocycles. The Labute approximate surface area is 117 Å². The molecule has 2 heteroatoms. The molecule has 0 aliphatic rings. The molecule has 0 amide bonds. The van der Waals surface area contributed by atoms with Crippen LogP contribution in [-0.2, 0) is 6.42 Å². The zero-order valence-electron chi connectivity index (χ0n) is 11.8. The molecule has 2 atom stereocenters. The summed E-state index contributed by atoms with van der Waals surface area (Å²) in [5.74, 6) is 2.04. The molecule has 0 aliphatic carbocycles. The second kappa shape index (κ2) is 7.81. The lowest BCUT2D eigenvalue weighted by Gasteiger charge is -2.21. The fraction of sp³-hybridized carbons (Fsp3) is 0.625. The summed E-state index contributed by atoms with van der Waals surface area (Å²) in [7, 11) is 0. The van der Waals surface area contributed by atoms with E-state index in [1.54, 1.807) is 0 Å². The van der Waals surface area contributed by atoms with E-state index in [9.17, 15) is 0 Å². The Morgan fingerprint density at radius 3 is 2.33 bits per heavy atom. The van der Waals surface area contributed by atoms with Crippen LogP contribution in [0.15, 0.2) is 24.3 Å². The van der Waals surface area contributed by atoms with Gasteiger partial charge in [0.2, 0.25) is 0 Å². The molecule has 0 aromatic heterocycles. The van der Waals surface area contributed by atoms with E-state index in [-0.39, 0.29) is 0 Å². The summed E-state index contributed by atoms with van der Waals surface area (Å²) >= 11 is 6.21. The average Bonchev–Trinajstić information content (AvgIpc) is 2.30. The number of rotatable bonds is 7. The third-order valence-electron chi connectivity index (χ3n) is 3.41. The second-order valence-corrected chi connectivity index (χ2v) is 6.27. The highest BCUT2D eigenvalue weighted by molar-refractivity contribution is 6.31. The normalized spacial score (nSPS) is 14.8. The third kappa shape index (κ3) is 5.41. The van der Waals surface area contributed by atoms with Crippen molar-refractivity contribution in [1.82, 2.24) is 0 Å². The topological polar surface area (TPSA) is 26.0 Å². The van der Waals surface area contributed by atoms with Crippen molar-refractivity contribution >= 4 is 11.6 Å². The number of halogens is 1. The molecular formula is C16H26ClN. The van der Waals surface area contributed by atoms with E-state index in [1.165, 1.54) is 18.4 Å². The summed E-state index contributed by atoms with van der Waals surface area (Å²) in [5, 5.41) is 0.868. The number of hydrogen-bond donors (Lipinski definition) is 1. The highest BCUT2D eigenvalue weighted by Gasteiger charge is 2.14. The summed E-state index contributed by atoms with van der Waals surface area (Å²) in [5.41, 5.74) is 7.13. The minimum absolute atomic E-state index is 0.540. The lowest BCUT2D eigenvalue weighted by atomic mass is 9.86. The smallest absolute Gasteiger partial charge is 0.0438 e. The Balaban J connectivity index is 2.54. The van der Waals surface area contributed by atoms with Crippen molar-refractivity contribution in [2.24, 2.45) is 23.5 Å². The van der Waals surface area contributed by atoms with Gasteiger partial charge >= 0.3 is 0 Å². The van der Waals surface area contributed by atoms with E-state index in [2.05, 4.69) is 26.8 Å². The zero-order chi connectivity index (χ0) is 13.5. The monoisotopic (exact) mass is 267 g/mol. The predicted octanol–water partition coefficient (Wildman–Crippen LogP) is 4.53. The lowest BCUT2D eigenvalue weighted by molar-refractivity contribution is 0.343. The van der Waals surface area contributed by atoms with Gasteiger partial charge in [-0.05, 0) is 55.2 Å². The fourth-order valence-electron chi connectivity index (χ4n) is 2.71. The molecule has 0 aliphatic heterocycles. The second-order valence-electron chi connectivity index (χ2n) is 5.87. The van der Waals surface area contributed by atoms with Gasteiger partial charge in [0, 0.05) is 5.02 Å². The maximum atomic E-state index is 6.21. The molecule has 0 fully saturated rings. The Kier molecular flexibility index (Phi) is 6.73. The van der Waals surface area contributed by atoms with Crippen LogP contribution < -0.4 is 5.73 Å². The van der Waals surface area contributed by atoms with E-state index >= 15 is 0 Å². The van der Waals surface area contributed by atoms with Crippen molar-refractivity contribution < 1.29 is 0 Å². The van der Waals surface area contributed by atoms with Crippen LogP contribution in [0.2, 0.25) is 5.02 Å². The first-order valence-electron chi connectivity index (χ1n) is 6.96. The highest BCUT2D eigenvalue weighted by Crippen LogP contribution is 2.24. The largest absolute Gasteiger partial charge is 0.330 e. The van der Waals surface area contributed by atoms with Gasteiger partial charge < -0.3 is 5.73 Å². The molecule has 0 bridgehead atoms. The molecule has 1 nitrogen and oxygen atoms in total. The van der Waals surface area contributed by atoms with Crippen molar-refractivity contribution in [2.45, 2.75) is 40.0 Å². The molecule has 1 aromatic rings. The van der Waals surface area contributed by atoms with Gasteiger partial charge in [0.1, 0.15) is 0 Å². The molecule has 0 radical (unpaired) electrons. The standard InChI is InChI=1S/C16H26ClN/c1-12(2)8-13(3)9-14(11-18)10-15-6-4-5-7-16(15)17/h4-7,12-14H,8-11,18H2,1-3H3. The maximum Gasteiger partial charge on any atom is 0.0438 e. The number of nitrogens with two attached hydrogens (primary N) is 1. The van der Waals surface area contributed by atoms with E-state index in [1.807, 2.05) is 18.2 Å². The highest BCUT2D eigenvalue weighted by atomic mass is 35.5.